The molecule has 0 amide bonds. The fraction of sp³-hybridized carbons (Fsp3) is 0.692. The van der Waals surface area contributed by atoms with Crippen molar-refractivity contribution in [2.75, 3.05) is 6.54 Å². The van der Waals surface area contributed by atoms with Crippen LogP contribution < -0.4 is 5.32 Å². The summed E-state index contributed by atoms with van der Waals surface area (Å²) in [6, 6.07) is 3.15. The summed E-state index contributed by atoms with van der Waals surface area (Å²) in [4.78, 5) is 3.29. The van der Waals surface area contributed by atoms with E-state index in [2.05, 4.69) is 22.7 Å². The van der Waals surface area contributed by atoms with Gasteiger partial charge in [0.2, 0.25) is 0 Å². The van der Waals surface area contributed by atoms with Crippen molar-refractivity contribution in [3.8, 4) is 0 Å². The molecule has 1 nitrogen and oxygen atoms in total. The molecular formula is C13H19NS. The number of nitrogens with one attached hydrogen (secondary N) is 1. The predicted octanol–water partition coefficient (Wildman–Crippen LogP) is 3.44. The first-order valence-electron chi connectivity index (χ1n) is 6.28. The highest BCUT2D eigenvalue weighted by atomic mass is 32.1. The summed E-state index contributed by atoms with van der Waals surface area (Å²) < 4.78 is 0. The Morgan fingerprint density at radius 2 is 2.13 bits per heavy atom. The van der Waals surface area contributed by atoms with Gasteiger partial charge >= 0.3 is 0 Å². The Balaban J connectivity index is 1.79. The molecular weight excluding hydrogens is 202 g/mol. The molecule has 2 heteroatoms. The molecule has 1 unspecified atom stereocenters. The van der Waals surface area contributed by atoms with Gasteiger partial charge < -0.3 is 5.32 Å². The summed E-state index contributed by atoms with van der Waals surface area (Å²) in [7, 11) is 0. The van der Waals surface area contributed by atoms with E-state index in [0.29, 0.717) is 6.04 Å². The SMILES string of the molecule is c1c(C2CCCCCN2)sc2c1CCC2. The van der Waals surface area contributed by atoms with Crippen LogP contribution in [0.3, 0.4) is 0 Å². The maximum absolute atomic E-state index is 3.70. The third kappa shape index (κ3) is 1.98. The summed E-state index contributed by atoms with van der Waals surface area (Å²) in [6.07, 6.45) is 9.58. The number of rotatable bonds is 1. The lowest BCUT2D eigenvalue weighted by atomic mass is 10.1. The number of hydrogen-bond acceptors (Lipinski definition) is 2. The lowest BCUT2D eigenvalue weighted by Crippen LogP contribution is -2.19. The minimum atomic E-state index is 0.670. The van der Waals surface area contributed by atoms with Crippen molar-refractivity contribution in [1.29, 1.82) is 0 Å². The monoisotopic (exact) mass is 221 g/mol. The largest absolute Gasteiger partial charge is 0.309 e. The van der Waals surface area contributed by atoms with Gasteiger partial charge in [0.05, 0.1) is 0 Å². The molecule has 1 saturated heterocycles. The minimum absolute atomic E-state index is 0.670. The summed E-state index contributed by atoms with van der Waals surface area (Å²) in [5, 5.41) is 3.70. The molecule has 1 N–H and O–H groups in total. The molecule has 2 aliphatic rings. The van der Waals surface area contributed by atoms with Crippen LogP contribution in [0.2, 0.25) is 0 Å². The number of hydrogen-bond donors (Lipinski definition) is 1. The zero-order valence-corrected chi connectivity index (χ0v) is 10.0. The fourth-order valence-corrected chi connectivity index (χ4v) is 4.16. The highest BCUT2D eigenvalue weighted by Gasteiger charge is 2.20. The summed E-state index contributed by atoms with van der Waals surface area (Å²) in [5.74, 6) is 0. The Morgan fingerprint density at radius 1 is 1.13 bits per heavy atom. The van der Waals surface area contributed by atoms with Gasteiger partial charge in [-0.3, -0.25) is 0 Å². The third-order valence-corrected chi connectivity index (χ3v) is 5.02. The van der Waals surface area contributed by atoms with Crippen LogP contribution in [-0.4, -0.2) is 6.54 Å². The Kier molecular flexibility index (Phi) is 2.80. The lowest BCUT2D eigenvalue weighted by molar-refractivity contribution is 0.542. The molecule has 1 fully saturated rings. The van der Waals surface area contributed by atoms with Crippen LogP contribution in [0.1, 0.15) is 53.5 Å². The molecule has 0 radical (unpaired) electrons. The quantitative estimate of drug-likeness (QED) is 0.766. The second kappa shape index (κ2) is 4.26. The molecule has 15 heavy (non-hydrogen) atoms. The Labute approximate surface area is 95.9 Å². The molecule has 1 aliphatic heterocycles. The normalized spacial score (nSPS) is 26.3. The van der Waals surface area contributed by atoms with Crippen molar-refractivity contribution in [3.63, 3.8) is 0 Å². The molecule has 82 valence electrons. The van der Waals surface area contributed by atoms with Crippen LogP contribution in [0.5, 0.6) is 0 Å². The second-order valence-electron chi connectivity index (χ2n) is 4.81. The van der Waals surface area contributed by atoms with Crippen molar-refractivity contribution < 1.29 is 0 Å². The highest BCUT2D eigenvalue weighted by molar-refractivity contribution is 7.12. The maximum Gasteiger partial charge on any atom is 0.0414 e. The van der Waals surface area contributed by atoms with E-state index in [0.717, 1.165) is 0 Å². The van der Waals surface area contributed by atoms with Crippen molar-refractivity contribution in [2.45, 2.75) is 51.0 Å². The number of aryl methyl sites for hydroxylation is 2. The first kappa shape index (κ1) is 9.86. The minimum Gasteiger partial charge on any atom is -0.309 e. The van der Waals surface area contributed by atoms with Crippen molar-refractivity contribution in [1.82, 2.24) is 5.32 Å². The summed E-state index contributed by atoms with van der Waals surface area (Å²) in [5.41, 5.74) is 1.65. The van der Waals surface area contributed by atoms with Crippen LogP contribution in [0.4, 0.5) is 0 Å². The van der Waals surface area contributed by atoms with Crippen LogP contribution in [0.25, 0.3) is 0 Å². The molecule has 1 atom stereocenters. The molecule has 1 aromatic heterocycles. The van der Waals surface area contributed by atoms with Gasteiger partial charge in [-0.15, -0.1) is 11.3 Å². The average Bonchev–Trinajstić information content (AvgIpc) is 2.70. The molecule has 0 spiro atoms. The molecule has 0 aromatic carbocycles. The van der Waals surface area contributed by atoms with E-state index in [9.17, 15) is 0 Å². The van der Waals surface area contributed by atoms with Gasteiger partial charge in [0, 0.05) is 15.8 Å². The number of fused-ring (bicyclic) bond motifs is 1. The molecule has 0 saturated carbocycles. The van der Waals surface area contributed by atoms with Crippen LogP contribution >= 0.6 is 11.3 Å². The van der Waals surface area contributed by atoms with Crippen LogP contribution in [0, 0.1) is 0 Å². The van der Waals surface area contributed by atoms with Gasteiger partial charge in [-0.05, 0) is 50.3 Å². The first-order chi connectivity index (χ1) is 7.43. The van der Waals surface area contributed by atoms with E-state index in [-0.39, 0.29) is 0 Å². The molecule has 1 aliphatic carbocycles. The second-order valence-corrected chi connectivity index (χ2v) is 5.98. The topological polar surface area (TPSA) is 12.0 Å². The van der Waals surface area contributed by atoms with Gasteiger partial charge in [-0.2, -0.15) is 0 Å². The van der Waals surface area contributed by atoms with Crippen LogP contribution in [0.15, 0.2) is 6.07 Å². The zero-order valence-electron chi connectivity index (χ0n) is 9.22. The zero-order chi connectivity index (χ0) is 10.1. The van der Waals surface area contributed by atoms with E-state index in [1.54, 1.807) is 15.3 Å². The molecule has 3 rings (SSSR count). The Hall–Kier alpha value is -0.340. The number of thiophene rings is 1. The van der Waals surface area contributed by atoms with Gasteiger partial charge in [-0.1, -0.05) is 12.8 Å². The fourth-order valence-electron chi connectivity index (χ4n) is 2.80. The van der Waals surface area contributed by atoms with Crippen molar-refractivity contribution in [3.05, 3.63) is 21.4 Å². The Morgan fingerprint density at radius 3 is 3.07 bits per heavy atom. The molecule has 0 bridgehead atoms. The maximum atomic E-state index is 3.70. The molecule has 1 aromatic rings. The van der Waals surface area contributed by atoms with Gasteiger partial charge in [0.25, 0.3) is 0 Å². The van der Waals surface area contributed by atoms with E-state index < -0.39 is 0 Å². The van der Waals surface area contributed by atoms with E-state index in [4.69, 9.17) is 0 Å². The van der Waals surface area contributed by atoms with E-state index in [1.165, 1.54) is 51.5 Å². The summed E-state index contributed by atoms with van der Waals surface area (Å²) >= 11 is 2.08. The average molecular weight is 221 g/mol. The van der Waals surface area contributed by atoms with Crippen molar-refractivity contribution in [2.24, 2.45) is 0 Å². The van der Waals surface area contributed by atoms with Gasteiger partial charge in [-0.25, -0.2) is 0 Å². The summed E-state index contributed by atoms with van der Waals surface area (Å²) in [6.45, 7) is 1.22. The van der Waals surface area contributed by atoms with Gasteiger partial charge in [0.15, 0.2) is 0 Å². The van der Waals surface area contributed by atoms with Crippen molar-refractivity contribution >= 4 is 11.3 Å². The smallest absolute Gasteiger partial charge is 0.0414 e. The highest BCUT2D eigenvalue weighted by Crippen LogP contribution is 2.35. The van der Waals surface area contributed by atoms with Crippen LogP contribution in [-0.2, 0) is 12.8 Å². The lowest BCUT2D eigenvalue weighted by Gasteiger charge is -2.13. The standard InChI is InChI=1S/C13H19NS/c1-2-6-11(14-8-3-1)13-9-10-5-4-7-12(10)15-13/h9,11,14H,1-8H2. The van der Waals surface area contributed by atoms with E-state index in [1.807, 2.05) is 0 Å². The molecule has 2 heterocycles. The van der Waals surface area contributed by atoms with Gasteiger partial charge in [0.1, 0.15) is 0 Å². The van der Waals surface area contributed by atoms with E-state index >= 15 is 0 Å². The Bertz CT molecular complexity index is 313. The predicted molar refractivity (Wildman–Crippen MR) is 65.6 cm³/mol. The third-order valence-electron chi connectivity index (χ3n) is 3.67. The first-order valence-corrected chi connectivity index (χ1v) is 7.10.